The molecule has 1 aromatic heterocycles. The van der Waals surface area contributed by atoms with E-state index in [9.17, 15) is 0 Å². The Hall–Kier alpha value is -0.800. The van der Waals surface area contributed by atoms with Gasteiger partial charge in [0, 0.05) is 28.2 Å². The zero-order chi connectivity index (χ0) is 21.8. The molecule has 0 aliphatic heterocycles. The molecule has 0 saturated carbocycles. The van der Waals surface area contributed by atoms with Crippen LogP contribution in [0.1, 0.15) is 118 Å². The summed E-state index contributed by atoms with van der Waals surface area (Å²) in [7, 11) is 0. The molecule has 0 fully saturated rings. The highest BCUT2D eigenvalue weighted by atomic mass is 16.3. The van der Waals surface area contributed by atoms with E-state index >= 15 is 0 Å². The summed E-state index contributed by atoms with van der Waals surface area (Å²) in [5.41, 5.74) is 0.801. The van der Waals surface area contributed by atoms with E-state index < -0.39 is 0 Å². The Kier molecular flexibility index (Phi) is 13.1. The summed E-state index contributed by atoms with van der Waals surface area (Å²) in [6.07, 6.45) is 1.73. The third-order valence-corrected chi connectivity index (χ3v) is 4.48. The van der Waals surface area contributed by atoms with Gasteiger partial charge in [0.15, 0.2) is 0 Å². The third-order valence-electron chi connectivity index (χ3n) is 4.48. The first kappa shape index (κ1) is 32.9. The van der Waals surface area contributed by atoms with Gasteiger partial charge in [0.05, 0.1) is 12.8 Å². The van der Waals surface area contributed by atoms with Crippen molar-refractivity contribution in [2.45, 2.75) is 147 Å². The molecule has 0 N–H and O–H groups in total. The Labute approximate surface area is 185 Å². The molecule has 176 valence electrons. The van der Waals surface area contributed by atoms with Crippen LogP contribution in [-0.4, -0.2) is 38.0 Å². The van der Waals surface area contributed by atoms with E-state index in [4.69, 9.17) is 4.42 Å². The summed E-state index contributed by atoms with van der Waals surface area (Å²) >= 11 is 0. The standard InChI is InChI=1S/C13H23NO.C11H25N.2CH4/c1-12(2,3)14(13(4,5)6)10-11-8-7-9-15-11;1-9(2)12(10(3,4)5)11(6,7)8;;/h7-9H,10H2,1-6H3;9H,1-8H3;2*1H4. The largest absolute Gasteiger partial charge is 0.468 e. The maximum absolute atomic E-state index is 5.41. The lowest BCUT2D eigenvalue weighted by atomic mass is 9.94. The number of rotatable bonds is 3. The molecule has 3 nitrogen and oxygen atoms in total. The molecule has 0 unspecified atom stereocenters. The summed E-state index contributed by atoms with van der Waals surface area (Å²) < 4.78 is 5.41. The van der Waals surface area contributed by atoms with Crippen molar-refractivity contribution in [3.8, 4) is 0 Å². The summed E-state index contributed by atoms with van der Waals surface area (Å²) in [6, 6.07) is 4.58. The van der Waals surface area contributed by atoms with Crippen molar-refractivity contribution in [2.24, 2.45) is 0 Å². The minimum absolute atomic E-state index is 0. The number of nitrogens with zero attached hydrogens (tertiary/aromatic N) is 2. The molecule has 0 spiro atoms. The second-order valence-electron chi connectivity index (χ2n) is 11.8. The normalized spacial score (nSPS) is 13.0. The molecule has 29 heavy (non-hydrogen) atoms. The molecule has 0 aliphatic carbocycles. The highest BCUT2D eigenvalue weighted by Gasteiger charge is 2.33. The maximum atomic E-state index is 5.41. The molecule has 0 amide bonds. The van der Waals surface area contributed by atoms with Crippen LogP contribution in [0.25, 0.3) is 0 Å². The van der Waals surface area contributed by atoms with Crippen molar-refractivity contribution < 1.29 is 4.42 Å². The van der Waals surface area contributed by atoms with Crippen molar-refractivity contribution in [3.63, 3.8) is 0 Å². The van der Waals surface area contributed by atoms with Crippen LogP contribution in [0.15, 0.2) is 22.8 Å². The van der Waals surface area contributed by atoms with Crippen LogP contribution >= 0.6 is 0 Å². The molecule has 0 aliphatic rings. The van der Waals surface area contributed by atoms with Gasteiger partial charge < -0.3 is 4.42 Å². The fourth-order valence-electron chi connectivity index (χ4n) is 4.59. The second kappa shape index (κ2) is 11.6. The Morgan fingerprint density at radius 3 is 1.28 bits per heavy atom. The van der Waals surface area contributed by atoms with Crippen molar-refractivity contribution in [2.75, 3.05) is 0 Å². The fourth-order valence-corrected chi connectivity index (χ4v) is 4.59. The SMILES string of the molecule is C.C.CC(C)(C)N(Cc1ccco1)C(C)(C)C.CC(C)N(C(C)(C)C)C(C)(C)C. The van der Waals surface area contributed by atoms with Crippen molar-refractivity contribution >= 4 is 0 Å². The Balaban J connectivity index is -0.000000447. The number of hydrogen-bond acceptors (Lipinski definition) is 3. The molecule has 1 aromatic rings. The smallest absolute Gasteiger partial charge is 0.117 e. The van der Waals surface area contributed by atoms with Crippen LogP contribution in [0.4, 0.5) is 0 Å². The first-order chi connectivity index (χ1) is 11.8. The molecule has 1 heterocycles. The Morgan fingerprint density at radius 1 is 0.724 bits per heavy atom. The molecule has 0 bridgehead atoms. The van der Waals surface area contributed by atoms with Crippen LogP contribution in [0.5, 0.6) is 0 Å². The van der Waals surface area contributed by atoms with Crippen LogP contribution in [-0.2, 0) is 6.54 Å². The van der Waals surface area contributed by atoms with E-state index in [0.717, 1.165) is 12.3 Å². The summed E-state index contributed by atoms with van der Waals surface area (Å²) in [5.74, 6) is 1.03. The van der Waals surface area contributed by atoms with Gasteiger partial charge in [-0.3, -0.25) is 9.80 Å². The van der Waals surface area contributed by atoms with Gasteiger partial charge in [-0.05, 0) is 109 Å². The van der Waals surface area contributed by atoms with Crippen LogP contribution < -0.4 is 0 Å². The van der Waals surface area contributed by atoms with Crippen LogP contribution in [0.3, 0.4) is 0 Å². The minimum Gasteiger partial charge on any atom is -0.468 e. The lowest BCUT2D eigenvalue weighted by molar-refractivity contribution is 0.00805. The molecule has 0 atom stereocenters. The average molecular weight is 413 g/mol. The predicted octanol–water partition coefficient (Wildman–Crippen LogP) is 8.24. The predicted molar refractivity (Wildman–Crippen MR) is 134 cm³/mol. The number of hydrogen-bond donors (Lipinski definition) is 0. The van der Waals surface area contributed by atoms with E-state index in [1.165, 1.54) is 0 Å². The molecular weight excluding hydrogens is 356 g/mol. The monoisotopic (exact) mass is 412 g/mol. The van der Waals surface area contributed by atoms with Crippen LogP contribution in [0.2, 0.25) is 0 Å². The molecule has 0 saturated heterocycles. The van der Waals surface area contributed by atoms with E-state index in [1.807, 2.05) is 12.1 Å². The van der Waals surface area contributed by atoms with Gasteiger partial charge in [0.1, 0.15) is 5.76 Å². The quantitative estimate of drug-likeness (QED) is 0.498. The zero-order valence-electron chi connectivity index (χ0n) is 20.8. The minimum atomic E-state index is 0. The van der Waals surface area contributed by atoms with Gasteiger partial charge in [0.2, 0.25) is 0 Å². The molecule has 0 aromatic carbocycles. The first-order valence-corrected chi connectivity index (χ1v) is 10.4. The lowest BCUT2D eigenvalue weighted by Crippen LogP contribution is -2.55. The summed E-state index contributed by atoms with van der Waals surface area (Å²) in [5, 5.41) is 0. The van der Waals surface area contributed by atoms with Crippen molar-refractivity contribution in [1.82, 2.24) is 9.80 Å². The highest BCUT2D eigenvalue weighted by molar-refractivity contribution is 5.01. The second-order valence-corrected chi connectivity index (χ2v) is 11.8. The van der Waals surface area contributed by atoms with Crippen molar-refractivity contribution in [1.29, 1.82) is 0 Å². The Morgan fingerprint density at radius 2 is 1.10 bits per heavy atom. The topological polar surface area (TPSA) is 19.6 Å². The first-order valence-electron chi connectivity index (χ1n) is 10.4. The van der Waals surface area contributed by atoms with Crippen molar-refractivity contribution in [3.05, 3.63) is 24.2 Å². The van der Waals surface area contributed by atoms with Gasteiger partial charge >= 0.3 is 0 Å². The highest BCUT2D eigenvalue weighted by Crippen LogP contribution is 2.28. The molecule has 3 heteroatoms. The van der Waals surface area contributed by atoms with Gasteiger partial charge in [-0.25, -0.2) is 0 Å². The molecule has 1 rings (SSSR count). The average Bonchev–Trinajstić information content (AvgIpc) is 2.81. The fraction of sp³-hybridized carbons (Fsp3) is 0.846. The molecule has 0 radical (unpaired) electrons. The van der Waals surface area contributed by atoms with Gasteiger partial charge in [-0.15, -0.1) is 0 Å². The third kappa shape index (κ3) is 11.8. The maximum Gasteiger partial charge on any atom is 0.117 e. The molecular formula is C26H56N2O. The van der Waals surface area contributed by atoms with E-state index in [0.29, 0.717) is 6.04 Å². The lowest BCUT2D eigenvalue weighted by Gasteiger charge is -2.48. The summed E-state index contributed by atoms with van der Waals surface area (Å²) in [6.45, 7) is 32.5. The van der Waals surface area contributed by atoms with Crippen LogP contribution in [0, 0.1) is 0 Å². The zero-order valence-corrected chi connectivity index (χ0v) is 20.8. The van der Waals surface area contributed by atoms with Gasteiger partial charge in [0.25, 0.3) is 0 Å². The van der Waals surface area contributed by atoms with Gasteiger partial charge in [-0.1, -0.05) is 14.9 Å². The summed E-state index contributed by atoms with van der Waals surface area (Å²) in [4.78, 5) is 4.98. The Bertz CT molecular complexity index is 489. The van der Waals surface area contributed by atoms with E-state index in [1.54, 1.807) is 6.26 Å². The van der Waals surface area contributed by atoms with E-state index in [-0.39, 0.29) is 37.0 Å². The van der Waals surface area contributed by atoms with Gasteiger partial charge in [-0.2, -0.15) is 0 Å². The van der Waals surface area contributed by atoms with E-state index in [2.05, 4.69) is 107 Å². The number of furan rings is 1.